The van der Waals surface area contributed by atoms with Crippen LogP contribution in [0.3, 0.4) is 0 Å². The maximum Gasteiger partial charge on any atom is 0.408 e. The van der Waals surface area contributed by atoms with Crippen LogP contribution in [0.2, 0.25) is 0 Å². The average molecular weight is 530 g/mol. The number of nitrogens with one attached hydrogen (secondary N) is 3. The van der Waals surface area contributed by atoms with Crippen LogP contribution in [0.25, 0.3) is 0 Å². The van der Waals surface area contributed by atoms with E-state index in [1.54, 1.807) is 34.6 Å². The smallest absolute Gasteiger partial charge is 0.408 e. The number of amides is 3. The van der Waals surface area contributed by atoms with Gasteiger partial charge in [0.2, 0.25) is 11.8 Å². The Kier molecular flexibility index (Phi) is 11.5. The molecule has 8 nitrogen and oxygen atoms in total. The van der Waals surface area contributed by atoms with Crippen molar-refractivity contribution in [3.63, 3.8) is 0 Å². The van der Waals surface area contributed by atoms with Crippen molar-refractivity contribution in [1.29, 1.82) is 0 Å². The van der Waals surface area contributed by atoms with Crippen LogP contribution in [0.1, 0.15) is 45.7 Å². The summed E-state index contributed by atoms with van der Waals surface area (Å²) in [6, 6.07) is 18.4. The summed E-state index contributed by atoms with van der Waals surface area (Å²) in [6.07, 6.45) is -1.35. The van der Waals surface area contributed by atoms with E-state index in [1.807, 2.05) is 60.7 Å². The van der Waals surface area contributed by atoms with Gasteiger partial charge in [-0.1, -0.05) is 60.7 Å². The number of ether oxygens (including phenoxy) is 2. The van der Waals surface area contributed by atoms with E-state index in [0.717, 1.165) is 11.1 Å². The lowest BCUT2D eigenvalue weighted by atomic mass is 10.0. The lowest BCUT2D eigenvalue weighted by Gasteiger charge is -2.33. The molecule has 0 bridgehead atoms. The van der Waals surface area contributed by atoms with Gasteiger partial charge < -0.3 is 25.4 Å². The normalized spacial score (nSPS) is 14.5. The molecule has 3 N–H and O–H groups in total. The zero-order valence-corrected chi connectivity index (χ0v) is 23.3. The molecule has 202 valence electrons. The zero-order valence-electron chi connectivity index (χ0n) is 22.5. The first-order valence-electron chi connectivity index (χ1n) is 12.2. The Bertz CT molecular complexity index is 1010. The highest BCUT2D eigenvalue weighted by Gasteiger charge is 2.39. The summed E-state index contributed by atoms with van der Waals surface area (Å²) in [6.45, 7) is 8.89. The fourth-order valence-corrected chi connectivity index (χ4v) is 4.53. The van der Waals surface area contributed by atoms with Crippen LogP contribution in [0.4, 0.5) is 4.79 Å². The standard InChI is InChI=1S/C28H39N3O5S/c1-20(35-17-21-13-9-7-10-14-21)23(24(32)29-6)30-25(33)28(5,31-26(34)36-27(2,3)4)19-37-18-22-15-11-8-12-16-22/h7-16,20,23H,17-19H2,1-6H3,(H,29,32)(H,30,33)(H,31,34)/t20-,23+,28+/m1/s1. The minimum atomic E-state index is -1.35. The molecule has 0 aliphatic heterocycles. The lowest BCUT2D eigenvalue weighted by Crippen LogP contribution is -2.63. The molecule has 0 fully saturated rings. The number of hydrogen-bond donors (Lipinski definition) is 3. The third kappa shape index (κ3) is 10.5. The van der Waals surface area contributed by atoms with Crippen molar-refractivity contribution in [3.8, 4) is 0 Å². The van der Waals surface area contributed by atoms with Gasteiger partial charge in [0, 0.05) is 18.6 Å². The molecule has 0 unspecified atom stereocenters. The van der Waals surface area contributed by atoms with Gasteiger partial charge in [-0.05, 0) is 45.7 Å². The molecule has 0 aliphatic rings. The van der Waals surface area contributed by atoms with Gasteiger partial charge in [0.25, 0.3) is 0 Å². The molecule has 2 aromatic carbocycles. The molecule has 3 amide bonds. The fourth-order valence-electron chi connectivity index (χ4n) is 3.38. The first-order chi connectivity index (χ1) is 17.4. The van der Waals surface area contributed by atoms with Gasteiger partial charge in [0.15, 0.2) is 0 Å². The second-order valence-corrected chi connectivity index (χ2v) is 11.0. The largest absolute Gasteiger partial charge is 0.444 e. The fraction of sp³-hybridized carbons (Fsp3) is 0.464. The van der Waals surface area contributed by atoms with Gasteiger partial charge >= 0.3 is 6.09 Å². The van der Waals surface area contributed by atoms with E-state index < -0.39 is 41.2 Å². The zero-order chi connectivity index (χ0) is 27.5. The number of hydrogen-bond acceptors (Lipinski definition) is 6. The van der Waals surface area contributed by atoms with Gasteiger partial charge in [-0.25, -0.2) is 4.79 Å². The SMILES string of the molecule is CNC(=O)[C@@H](NC(=O)[C@](C)(CSCc1ccccc1)NC(=O)OC(C)(C)C)[C@@H](C)OCc1ccccc1. The quantitative estimate of drug-likeness (QED) is 0.383. The van der Waals surface area contributed by atoms with Crippen molar-refractivity contribution >= 4 is 29.7 Å². The number of rotatable bonds is 12. The summed E-state index contributed by atoms with van der Waals surface area (Å²) in [5, 5.41) is 8.12. The van der Waals surface area contributed by atoms with Gasteiger partial charge in [-0.15, -0.1) is 0 Å². The summed E-state index contributed by atoms with van der Waals surface area (Å²) in [5.74, 6) is -0.00450. The van der Waals surface area contributed by atoms with E-state index in [-0.39, 0.29) is 12.4 Å². The maximum atomic E-state index is 13.6. The van der Waals surface area contributed by atoms with Crippen molar-refractivity contribution in [2.24, 2.45) is 0 Å². The molecule has 2 aromatic rings. The highest BCUT2D eigenvalue weighted by atomic mass is 32.2. The third-order valence-corrected chi connectivity index (χ3v) is 6.74. The minimum Gasteiger partial charge on any atom is -0.444 e. The predicted molar refractivity (Wildman–Crippen MR) is 147 cm³/mol. The van der Waals surface area contributed by atoms with Gasteiger partial charge in [0.1, 0.15) is 17.2 Å². The molecule has 2 rings (SSSR count). The second-order valence-electron chi connectivity index (χ2n) is 10.0. The van der Waals surface area contributed by atoms with Crippen LogP contribution < -0.4 is 16.0 Å². The number of benzene rings is 2. The highest BCUT2D eigenvalue weighted by Crippen LogP contribution is 2.20. The first kappa shape index (κ1) is 30.2. The van der Waals surface area contributed by atoms with Crippen molar-refractivity contribution in [2.45, 2.75) is 70.3 Å². The Hall–Kier alpha value is -3.04. The summed E-state index contributed by atoms with van der Waals surface area (Å²) < 4.78 is 11.3. The Morgan fingerprint density at radius 1 is 0.919 bits per heavy atom. The molecule has 0 radical (unpaired) electrons. The molecule has 0 saturated carbocycles. The Morgan fingerprint density at radius 2 is 1.49 bits per heavy atom. The monoisotopic (exact) mass is 529 g/mol. The highest BCUT2D eigenvalue weighted by molar-refractivity contribution is 7.98. The molecule has 0 saturated heterocycles. The van der Waals surface area contributed by atoms with Crippen LogP contribution in [0.15, 0.2) is 60.7 Å². The number of likely N-dealkylation sites (N-methyl/N-ethyl adjacent to an activating group) is 1. The van der Waals surface area contributed by atoms with Gasteiger partial charge in [-0.2, -0.15) is 11.8 Å². The van der Waals surface area contributed by atoms with Crippen molar-refractivity contribution in [3.05, 3.63) is 71.8 Å². The average Bonchev–Trinajstić information content (AvgIpc) is 2.85. The predicted octanol–water partition coefficient (Wildman–Crippen LogP) is 4.04. The van der Waals surface area contributed by atoms with Crippen molar-refractivity contribution in [1.82, 2.24) is 16.0 Å². The Morgan fingerprint density at radius 3 is 2.03 bits per heavy atom. The van der Waals surface area contributed by atoms with Crippen LogP contribution >= 0.6 is 11.8 Å². The summed E-state index contributed by atoms with van der Waals surface area (Å²) >= 11 is 1.50. The van der Waals surface area contributed by atoms with Crippen molar-refractivity contribution in [2.75, 3.05) is 12.8 Å². The number of carbonyl (C=O) groups excluding carboxylic acids is 3. The van der Waals surface area contributed by atoms with E-state index >= 15 is 0 Å². The molecule has 0 heterocycles. The van der Waals surface area contributed by atoms with Crippen LogP contribution in [-0.4, -0.2) is 54.0 Å². The molecule has 0 aromatic heterocycles. The molecular weight excluding hydrogens is 490 g/mol. The Balaban J connectivity index is 2.16. The summed E-state index contributed by atoms with van der Waals surface area (Å²) in [4.78, 5) is 39.0. The Labute approximate surface area is 224 Å². The molecule has 9 heteroatoms. The minimum absolute atomic E-state index is 0.257. The molecule has 37 heavy (non-hydrogen) atoms. The van der Waals surface area contributed by atoms with E-state index in [9.17, 15) is 14.4 Å². The summed E-state index contributed by atoms with van der Waals surface area (Å²) in [5.41, 5.74) is -0.0419. The lowest BCUT2D eigenvalue weighted by molar-refractivity contribution is -0.135. The van der Waals surface area contributed by atoms with Gasteiger partial charge in [-0.3, -0.25) is 9.59 Å². The first-order valence-corrected chi connectivity index (χ1v) is 13.4. The molecular formula is C28H39N3O5S. The topological polar surface area (TPSA) is 106 Å². The van der Waals surface area contributed by atoms with E-state index in [1.165, 1.54) is 18.8 Å². The van der Waals surface area contributed by atoms with Crippen LogP contribution in [0.5, 0.6) is 0 Å². The number of thioether (sulfide) groups is 1. The third-order valence-electron chi connectivity index (χ3n) is 5.42. The summed E-state index contributed by atoms with van der Waals surface area (Å²) in [7, 11) is 1.50. The van der Waals surface area contributed by atoms with Crippen LogP contribution in [0, 0.1) is 0 Å². The van der Waals surface area contributed by atoms with E-state index in [0.29, 0.717) is 5.75 Å². The number of carbonyl (C=O) groups is 3. The second kappa shape index (κ2) is 14.0. The van der Waals surface area contributed by atoms with Gasteiger partial charge in [0.05, 0.1) is 12.7 Å². The molecule has 0 aliphatic carbocycles. The number of alkyl carbamates (subject to hydrolysis) is 1. The molecule has 0 spiro atoms. The molecule has 3 atom stereocenters. The van der Waals surface area contributed by atoms with Crippen LogP contribution in [-0.2, 0) is 31.4 Å². The van der Waals surface area contributed by atoms with E-state index in [4.69, 9.17) is 9.47 Å². The van der Waals surface area contributed by atoms with E-state index in [2.05, 4.69) is 16.0 Å². The maximum absolute atomic E-state index is 13.6. The van der Waals surface area contributed by atoms with Crippen molar-refractivity contribution < 1.29 is 23.9 Å².